The summed E-state index contributed by atoms with van der Waals surface area (Å²) >= 11 is 0. The van der Waals surface area contributed by atoms with Gasteiger partial charge in [0.1, 0.15) is 11.4 Å². The van der Waals surface area contributed by atoms with Gasteiger partial charge >= 0.3 is 0 Å². The summed E-state index contributed by atoms with van der Waals surface area (Å²) in [6.45, 7) is 2.81. The number of aryl methyl sites for hydroxylation is 1. The summed E-state index contributed by atoms with van der Waals surface area (Å²) < 4.78 is 10.3. The Morgan fingerprint density at radius 3 is 2.67 bits per heavy atom. The molecule has 1 aliphatic rings. The van der Waals surface area contributed by atoms with Crippen molar-refractivity contribution >= 4 is 0 Å². The second-order valence-electron chi connectivity index (χ2n) is 3.91. The maximum Gasteiger partial charge on any atom is 0.140 e. The first kappa shape index (κ1) is 10.5. The molecule has 0 radical (unpaired) electrons. The van der Waals surface area contributed by atoms with Gasteiger partial charge in [-0.15, -0.1) is 0 Å². The van der Waals surface area contributed by atoms with Crippen LogP contribution in [0.4, 0.5) is 0 Å². The van der Waals surface area contributed by atoms with E-state index < -0.39 is 5.60 Å². The number of aliphatic hydroxyl groups is 1. The topological polar surface area (TPSA) is 38.7 Å². The van der Waals surface area contributed by atoms with Crippen molar-refractivity contribution in [3.8, 4) is 5.75 Å². The van der Waals surface area contributed by atoms with Crippen LogP contribution in [0.1, 0.15) is 18.1 Å². The maximum atomic E-state index is 10.2. The number of hydrogen-bond acceptors (Lipinski definition) is 3. The number of ether oxygens (including phenoxy) is 2. The zero-order chi connectivity index (χ0) is 10.9. The first-order valence-corrected chi connectivity index (χ1v) is 5.17. The standard InChI is InChI=1S/C12H16O3/c1-3-9-4-5-11(14-2)10(6-9)12(13)7-15-8-12/h4-6,13H,3,7-8H2,1-2H3. The lowest BCUT2D eigenvalue weighted by molar-refractivity contribution is -0.185. The van der Waals surface area contributed by atoms with Crippen LogP contribution < -0.4 is 4.74 Å². The van der Waals surface area contributed by atoms with Gasteiger partial charge in [0.2, 0.25) is 0 Å². The summed E-state index contributed by atoms with van der Waals surface area (Å²) in [5.41, 5.74) is 1.19. The number of methoxy groups -OCH3 is 1. The highest BCUT2D eigenvalue weighted by Crippen LogP contribution is 2.36. The highest BCUT2D eigenvalue weighted by molar-refractivity contribution is 5.42. The van der Waals surface area contributed by atoms with Gasteiger partial charge in [0.25, 0.3) is 0 Å². The van der Waals surface area contributed by atoms with Crippen molar-refractivity contribution in [2.24, 2.45) is 0 Å². The molecular formula is C12H16O3. The van der Waals surface area contributed by atoms with Crippen LogP contribution in [-0.4, -0.2) is 25.4 Å². The largest absolute Gasteiger partial charge is 0.496 e. The van der Waals surface area contributed by atoms with E-state index in [4.69, 9.17) is 9.47 Å². The summed E-state index contributed by atoms with van der Waals surface area (Å²) in [6.07, 6.45) is 0.952. The van der Waals surface area contributed by atoms with Gasteiger partial charge in [-0.05, 0) is 24.1 Å². The molecule has 1 N–H and O–H groups in total. The average Bonchev–Trinajstić information content (AvgIpc) is 2.25. The smallest absolute Gasteiger partial charge is 0.140 e. The Morgan fingerprint density at radius 2 is 2.20 bits per heavy atom. The van der Waals surface area contributed by atoms with Crippen LogP contribution in [0.2, 0.25) is 0 Å². The monoisotopic (exact) mass is 208 g/mol. The summed E-state index contributed by atoms with van der Waals surface area (Å²) in [5.74, 6) is 0.734. The number of rotatable bonds is 3. The molecule has 82 valence electrons. The molecule has 1 aliphatic heterocycles. The van der Waals surface area contributed by atoms with E-state index in [9.17, 15) is 5.11 Å². The van der Waals surface area contributed by atoms with Gasteiger partial charge < -0.3 is 14.6 Å². The minimum atomic E-state index is -0.851. The van der Waals surface area contributed by atoms with E-state index in [1.165, 1.54) is 5.56 Å². The molecule has 0 aromatic heterocycles. The maximum absolute atomic E-state index is 10.2. The summed E-state index contributed by atoms with van der Waals surface area (Å²) in [6, 6.07) is 5.93. The van der Waals surface area contributed by atoms with Gasteiger partial charge in [-0.2, -0.15) is 0 Å². The molecule has 3 heteroatoms. The van der Waals surface area contributed by atoms with Crippen LogP contribution in [0, 0.1) is 0 Å². The third kappa shape index (κ3) is 1.73. The minimum absolute atomic E-state index is 0.358. The van der Waals surface area contributed by atoms with Gasteiger partial charge in [-0.1, -0.05) is 13.0 Å². The highest BCUT2D eigenvalue weighted by Gasteiger charge is 2.40. The Bertz CT molecular complexity index is 356. The molecule has 0 bridgehead atoms. The zero-order valence-corrected chi connectivity index (χ0v) is 9.12. The number of benzene rings is 1. The Labute approximate surface area is 89.6 Å². The highest BCUT2D eigenvalue weighted by atomic mass is 16.5. The summed E-state index contributed by atoms with van der Waals surface area (Å²) in [4.78, 5) is 0. The fraction of sp³-hybridized carbons (Fsp3) is 0.500. The van der Waals surface area contributed by atoms with Crippen LogP contribution in [0.5, 0.6) is 5.75 Å². The fourth-order valence-electron chi connectivity index (χ4n) is 1.79. The van der Waals surface area contributed by atoms with Crippen LogP contribution in [0.25, 0.3) is 0 Å². The first-order valence-electron chi connectivity index (χ1n) is 5.17. The fourth-order valence-corrected chi connectivity index (χ4v) is 1.79. The van der Waals surface area contributed by atoms with Crippen molar-refractivity contribution < 1.29 is 14.6 Å². The van der Waals surface area contributed by atoms with Crippen LogP contribution in [0.15, 0.2) is 18.2 Å². The van der Waals surface area contributed by atoms with Gasteiger partial charge in [-0.25, -0.2) is 0 Å². The SMILES string of the molecule is CCc1ccc(OC)c(C2(O)COC2)c1. The Kier molecular flexibility index (Phi) is 2.67. The number of hydrogen-bond donors (Lipinski definition) is 1. The second kappa shape index (κ2) is 3.83. The summed E-state index contributed by atoms with van der Waals surface area (Å²) in [7, 11) is 1.62. The van der Waals surface area contributed by atoms with E-state index in [0.29, 0.717) is 13.2 Å². The molecule has 0 spiro atoms. The molecule has 3 nitrogen and oxygen atoms in total. The average molecular weight is 208 g/mol. The van der Waals surface area contributed by atoms with Gasteiger partial charge in [0.15, 0.2) is 0 Å². The lowest BCUT2D eigenvalue weighted by Gasteiger charge is -2.37. The lowest BCUT2D eigenvalue weighted by Crippen LogP contribution is -2.46. The van der Waals surface area contributed by atoms with Gasteiger partial charge in [0, 0.05) is 5.56 Å². The molecule has 0 aliphatic carbocycles. The van der Waals surface area contributed by atoms with Crippen molar-refractivity contribution in [2.45, 2.75) is 18.9 Å². The molecule has 15 heavy (non-hydrogen) atoms. The predicted octanol–water partition coefficient (Wildman–Crippen LogP) is 1.48. The Morgan fingerprint density at radius 1 is 1.47 bits per heavy atom. The van der Waals surface area contributed by atoms with Gasteiger partial charge in [0.05, 0.1) is 20.3 Å². The molecule has 1 heterocycles. The predicted molar refractivity (Wildman–Crippen MR) is 57.1 cm³/mol. The van der Waals surface area contributed by atoms with Crippen LogP contribution >= 0.6 is 0 Å². The van der Waals surface area contributed by atoms with Crippen molar-refractivity contribution in [1.29, 1.82) is 0 Å². The second-order valence-corrected chi connectivity index (χ2v) is 3.91. The van der Waals surface area contributed by atoms with E-state index in [-0.39, 0.29) is 0 Å². The van der Waals surface area contributed by atoms with Crippen molar-refractivity contribution in [1.82, 2.24) is 0 Å². The first-order chi connectivity index (χ1) is 7.19. The molecule has 0 amide bonds. The van der Waals surface area contributed by atoms with Crippen LogP contribution in [0.3, 0.4) is 0 Å². The minimum Gasteiger partial charge on any atom is -0.496 e. The van der Waals surface area contributed by atoms with E-state index in [1.54, 1.807) is 7.11 Å². The lowest BCUT2D eigenvalue weighted by atomic mass is 9.89. The molecule has 0 atom stereocenters. The molecule has 0 saturated carbocycles. The molecular weight excluding hydrogens is 192 g/mol. The van der Waals surface area contributed by atoms with E-state index in [1.807, 2.05) is 18.2 Å². The Balaban J connectivity index is 2.41. The Hall–Kier alpha value is -1.06. The normalized spacial score (nSPS) is 18.3. The van der Waals surface area contributed by atoms with Gasteiger partial charge in [-0.3, -0.25) is 0 Å². The zero-order valence-electron chi connectivity index (χ0n) is 9.12. The molecule has 2 rings (SSSR count). The molecule has 1 aromatic rings. The van der Waals surface area contributed by atoms with Crippen molar-refractivity contribution in [3.05, 3.63) is 29.3 Å². The third-order valence-electron chi connectivity index (χ3n) is 2.86. The molecule has 1 fully saturated rings. The quantitative estimate of drug-likeness (QED) is 0.817. The van der Waals surface area contributed by atoms with E-state index in [2.05, 4.69) is 6.92 Å². The van der Waals surface area contributed by atoms with Crippen molar-refractivity contribution in [3.63, 3.8) is 0 Å². The van der Waals surface area contributed by atoms with E-state index in [0.717, 1.165) is 17.7 Å². The molecule has 0 unspecified atom stereocenters. The van der Waals surface area contributed by atoms with Crippen molar-refractivity contribution in [2.75, 3.05) is 20.3 Å². The molecule has 1 saturated heterocycles. The third-order valence-corrected chi connectivity index (χ3v) is 2.86. The van der Waals surface area contributed by atoms with E-state index >= 15 is 0 Å². The van der Waals surface area contributed by atoms with Crippen LogP contribution in [-0.2, 0) is 16.8 Å². The summed E-state index contributed by atoms with van der Waals surface area (Å²) in [5, 5.41) is 10.2. The molecule has 1 aromatic carbocycles.